The summed E-state index contributed by atoms with van der Waals surface area (Å²) in [7, 11) is 1.59. The number of unbranched alkanes of at least 4 members (excludes halogenated alkanes) is 1. The van der Waals surface area contributed by atoms with Gasteiger partial charge in [-0.2, -0.15) is 0 Å². The van der Waals surface area contributed by atoms with E-state index < -0.39 is 6.04 Å². The van der Waals surface area contributed by atoms with E-state index >= 15 is 0 Å². The smallest absolute Gasteiger partial charge is 0.261 e. The third-order valence-electron chi connectivity index (χ3n) is 6.16. The van der Waals surface area contributed by atoms with Crippen LogP contribution in [0.1, 0.15) is 73.1 Å². The molecular weight excluding hydrogens is 450 g/mol. The number of nitrogens with zero attached hydrogens (tertiary/aromatic N) is 1. The van der Waals surface area contributed by atoms with Gasteiger partial charge in [-0.25, -0.2) is 0 Å². The summed E-state index contributed by atoms with van der Waals surface area (Å²) in [6, 6.07) is 10.1. The molecule has 2 N–H and O–H groups in total. The van der Waals surface area contributed by atoms with Crippen LogP contribution in [0.4, 0.5) is 0 Å². The molecule has 1 unspecified atom stereocenters. The number of methoxy groups -OCH3 is 1. The number of hydrogen-bond acceptors (Lipinski definition) is 5. The topological polar surface area (TPSA) is 87.7 Å². The van der Waals surface area contributed by atoms with E-state index in [1.807, 2.05) is 24.4 Å². The Hall–Kier alpha value is -2.87. The zero-order valence-electron chi connectivity index (χ0n) is 20.0. The molecule has 0 saturated heterocycles. The first-order valence-corrected chi connectivity index (χ1v) is 13.0. The summed E-state index contributed by atoms with van der Waals surface area (Å²) in [4.78, 5) is 41.5. The van der Waals surface area contributed by atoms with E-state index in [1.165, 1.54) is 17.8 Å². The van der Waals surface area contributed by atoms with Crippen LogP contribution < -0.4 is 15.4 Å². The summed E-state index contributed by atoms with van der Waals surface area (Å²) in [6.07, 6.45) is 6.96. The van der Waals surface area contributed by atoms with E-state index in [-0.39, 0.29) is 30.3 Å². The van der Waals surface area contributed by atoms with Crippen LogP contribution in [0.15, 0.2) is 41.8 Å². The molecule has 1 aromatic carbocycles. The van der Waals surface area contributed by atoms with Crippen LogP contribution in [0, 0.1) is 0 Å². The SMILES string of the molecule is CCCCN(C(=O)CNC(=O)c1cccs1)C(C(=O)NC1CCCCC1)c1ccc(OC)cc1. The highest BCUT2D eigenvalue weighted by molar-refractivity contribution is 7.12. The molecule has 1 aliphatic carbocycles. The lowest BCUT2D eigenvalue weighted by atomic mass is 9.94. The van der Waals surface area contributed by atoms with Crippen molar-refractivity contribution in [1.29, 1.82) is 0 Å². The fourth-order valence-electron chi connectivity index (χ4n) is 4.26. The highest BCUT2D eigenvalue weighted by atomic mass is 32.1. The summed E-state index contributed by atoms with van der Waals surface area (Å²) in [5.41, 5.74) is 0.725. The third-order valence-corrected chi connectivity index (χ3v) is 7.03. The van der Waals surface area contributed by atoms with E-state index in [0.29, 0.717) is 17.2 Å². The lowest BCUT2D eigenvalue weighted by Crippen LogP contribution is -2.49. The van der Waals surface area contributed by atoms with Gasteiger partial charge in [0.25, 0.3) is 5.91 Å². The normalized spacial score (nSPS) is 14.8. The van der Waals surface area contributed by atoms with Crippen LogP contribution in [0.25, 0.3) is 0 Å². The number of carbonyl (C=O) groups is 3. The molecule has 0 spiro atoms. The van der Waals surface area contributed by atoms with E-state index in [9.17, 15) is 14.4 Å². The minimum atomic E-state index is -0.773. The average Bonchev–Trinajstić information content (AvgIpc) is 3.41. The van der Waals surface area contributed by atoms with Crippen molar-refractivity contribution in [3.8, 4) is 5.75 Å². The van der Waals surface area contributed by atoms with Gasteiger partial charge >= 0.3 is 0 Å². The van der Waals surface area contributed by atoms with Crippen molar-refractivity contribution >= 4 is 29.1 Å². The summed E-state index contributed by atoms with van der Waals surface area (Å²) < 4.78 is 5.28. The number of carbonyl (C=O) groups excluding carboxylic acids is 3. The Morgan fingerprint density at radius 2 is 1.85 bits per heavy atom. The van der Waals surface area contributed by atoms with Gasteiger partial charge < -0.3 is 20.3 Å². The van der Waals surface area contributed by atoms with Crippen molar-refractivity contribution in [3.05, 3.63) is 52.2 Å². The summed E-state index contributed by atoms with van der Waals surface area (Å²) >= 11 is 1.32. The number of hydrogen-bond donors (Lipinski definition) is 2. The van der Waals surface area contributed by atoms with E-state index in [1.54, 1.807) is 36.3 Å². The van der Waals surface area contributed by atoms with Gasteiger partial charge in [0.15, 0.2) is 0 Å². The molecule has 1 aliphatic rings. The van der Waals surface area contributed by atoms with E-state index in [0.717, 1.165) is 44.1 Å². The van der Waals surface area contributed by atoms with Crippen molar-refractivity contribution in [2.45, 2.75) is 64.0 Å². The fraction of sp³-hybridized carbons (Fsp3) is 0.500. The van der Waals surface area contributed by atoms with Gasteiger partial charge in [0.2, 0.25) is 11.8 Å². The molecule has 1 aromatic heterocycles. The minimum absolute atomic E-state index is 0.128. The molecule has 1 heterocycles. The molecule has 34 heavy (non-hydrogen) atoms. The van der Waals surface area contributed by atoms with Crippen LogP contribution in [0.3, 0.4) is 0 Å². The highest BCUT2D eigenvalue weighted by Gasteiger charge is 2.32. The first-order chi connectivity index (χ1) is 16.5. The Morgan fingerprint density at radius 1 is 1.12 bits per heavy atom. The molecule has 3 rings (SSSR count). The molecule has 3 amide bonds. The van der Waals surface area contributed by atoms with Gasteiger partial charge in [0, 0.05) is 12.6 Å². The maximum Gasteiger partial charge on any atom is 0.261 e. The van der Waals surface area contributed by atoms with Crippen molar-refractivity contribution in [3.63, 3.8) is 0 Å². The maximum absolute atomic E-state index is 13.6. The number of rotatable bonds is 11. The second kappa shape index (κ2) is 13.1. The van der Waals surface area contributed by atoms with Crippen molar-refractivity contribution in [2.24, 2.45) is 0 Å². The molecule has 0 radical (unpaired) electrons. The van der Waals surface area contributed by atoms with E-state index in [4.69, 9.17) is 4.74 Å². The monoisotopic (exact) mass is 485 g/mol. The fourth-order valence-corrected chi connectivity index (χ4v) is 4.90. The molecule has 1 saturated carbocycles. The summed E-state index contributed by atoms with van der Waals surface area (Å²) in [6.45, 7) is 2.31. The Kier molecular flexibility index (Phi) is 9.94. The number of nitrogens with one attached hydrogen (secondary N) is 2. The van der Waals surface area contributed by atoms with Gasteiger partial charge in [-0.1, -0.05) is 50.8 Å². The van der Waals surface area contributed by atoms with Crippen LogP contribution >= 0.6 is 11.3 Å². The lowest BCUT2D eigenvalue weighted by molar-refractivity contribution is -0.140. The molecule has 2 aromatic rings. The zero-order valence-corrected chi connectivity index (χ0v) is 20.9. The molecule has 1 atom stereocenters. The van der Waals surface area contributed by atoms with Gasteiger partial charge in [-0.3, -0.25) is 14.4 Å². The molecule has 7 nitrogen and oxygen atoms in total. The van der Waals surface area contributed by atoms with Crippen LogP contribution in [-0.2, 0) is 9.59 Å². The van der Waals surface area contributed by atoms with Gasteiger partial charge in [0.1, 0.15) is 11.8 Å². The Bertz CT molecular complexity index is 924. The Balaban J connectivity index is 1.82. The van der Waals surface area contributed by atoms with Crippen LogP contribution in [0.5, 0.6) is 5.75 Å². The van der Waals surface area contributed by atoms with Gasteiger partial charge in [0.05, 0.1) is 18.5 Å². The van der Waals surface area contributed by atoms with Crippen molar-refractivity contribution < 1.29 is 19.1 Å². The second-order valence-corrected chi connectivity index (χ2v) is 9.57. The summed E-state index contributed by atoms with van der Waals surface area (Å²) in [5.74, 6) is -0.0552. The standard InChI is InChI=1S/C26H35N3O4S/c1-3-4-16-29(23(30)18-27-25(31)22-11-8-17-34-22)24(19-12-14-21(33-2)15-13-19)26(32)28-20-9-6-5-7-10-20/h8,11-15,17,20,24H,3-7,9-10,16,18H2,1-2H3,(H,27,31)(H,28,32). The Labute approximate surface area is 205 Å². The average molecular weight is 486 g/mol. The van der Waals surface area contributed by atoms with Gasteiger partial charge in [-0.05, 0) is 48.4 Å². The van der Waals surface area contributed by atoms with Gasteiger partial charge in [-0.15, -0.1) is 11.3 Å². The van der Waals surface area contributed by atoms with Crippen LogP contribution in [-0.4, -0.2) is 48.9 Å². The predicted molar refractivity (Wildman–Crippen MR) is 134 cm³/mol. The van der Waals surface area contributed by atoms with Crippen LogP contribution in [0.2, 0.25) is 0 Å². The van der Waals surface area contributed by atoms with Crippen molar-refractivity contribution in [2.75, 3.05) is 20.2 Å². The number of thiophene rings is 1. The third kappa shape index (κ3) is 7.06. The number of ether oxygens (including phenoxy) is 1. The highest BCUT2D eigenvalue weighted by Crippen LogP contribution is 2.26. The quantitative estimate of drug-likeness (QED) is 0.497. The second-order valence-electron chi connectivity index (χ2n) is 8.62. The predicted octanol–water partition coefficient (Wildman–Crippen LogP) is 4.31. The Morgan fingerprint density at radius 3 is 2.47 bits per heavy atom. The number of benzene rings is 1. The first-order valence-electron chi connectivity index (χ1n) is 12.1. The molecule has 184 valence electrons. The summed E-state index contributed by atoms with van der Waals surface area (Å²) in [5, 5.41) is 7.73. The maximum atomic E-state index is 13.6. The van der Waals surface area contributed by atoms with Crippen molar-refractivity contribution in [1.82, 2.24) is 15.5 Å². The van der Waals surface area contributed by atoms with E-state index in [2.05, 4.69) is 10.6 Å². The molecule has 8 heteroatoms. The first kappa shape index (κ1) is 25.7. The molecule has 0 bridgehead atoms. The lowest BCUT2D eigenvalue weighted by Gasteiger charge is -2.33. The molecule has 1 fully saturated rings. The minimum Gasteiger partial charge on any atom is -0.497 e. The largest absolute Gasteiger partial charge is 0.497 e. The zero-order chi connectivity index (χ0) is 24.3. The molecular formula is C26H35N3O4S. The number of amides is 3. The molecule has 0 aliphatic heterocycles.